The second-order valence-electron chi connectivity index (χ2n) is 4.45. The lowest BCUT2D eigenvalue weighted by Gasteiger charge is -2.04. The quantitative estimate of drug-likeness (QED) is 0.249. The fraction of sp³-hybridized carbons (Fsp3) is 0.154. The molecule has 1 aromatic heterocycles. The minimum absolute atomic E-state index is 0.145. The number of aromatic amines is 1. The fourth-order valence-corrected chi connectivity index (χ4v) is 1.88. The Kier molecular flexibility index (Phi) is 4.07. The molecule has 0 atom stereocenters. The van der Waals surface area contributed by atoms with Crippen LogP contribution in [0.4, 0.5) is 0 Å². The molecule has 110 valence electrons. The molecule has 0 radical (unpaired) electrons. The predicted molar refractivity (Wildman–Crippen MR) is 79.1 cm³/mol. The number of nitrogens with two attached hydrogens (primary N) is 2. The van der Waals surface area contributed by atoms with Gasteiger partial charge in [0.15, 0.2) is 5.96 Å². The Bertz CT molecular complexity index is 706. The van der Waals surface area contributed by atoms with Crippen molar-refractivity contribution in [3.05, 3.63) is 35.5 Å². The molecular weight excluding hydrogens is 272 g/mol. The fourth-order valence-electron chi connectivity index (χ4n) is 1.88. The maximum atomic E-state index is 11.9. The molecule has 0 fully saturated rings. The van der Waals surface area contributed by atoms with Gasteiger partial charge >= 0.3 is 0 Å². The van der Waals surface area contributed by atoms with Gasteiger partial charge in [0.2, 0.25) is 5.91 Å². The molecule has 2 aromatic rings. The average molecular weight is 288 g/mol. The summed E-state index contributed by atoms with van der Waals surface area (Å²) in [5.41, 5.74) is 11.9. The lowest BCUT2D eigenvalue weighted by atomic mass is 10.1. The van der Waals surface area contributed by atoms with Crippen LogP contribution < -0.4 is 22.1 Å². The Morgan fingerprint density at radius 3 is 2.52 bits per heavy atom. The highest BCUT2D eigenvalue weighted by molar-refractivity contribution is 6.01. The van der Waals surface area contributed by atoms with Gasteiger partial charge in [0, 0.05) is 29.6 Å². The highest BCUT2D eigenvalue weighted by atomic mass is 16.2. The summed E-state index contributed by atoms with van der Waals surface area (Å²) < 4.78 is 0. The third-order valence-corrected chi connectivity index (χ3v) is 2.88. The average Bonchev–Trinajstić information content (AvgIpc) is 2.85. The molecule has 1 aromatic carbocycles. The van der Waals surface area contributed by atoms with Crippen molar-refractivity contribution in [1.29, 1.82) is 5.41 Å². The Hall–Kier alpha value is -3.03. The molecule has 0 aliphatic rings. The molecule has 8 nitrogen and oxygen atoms in total. The smallest absolute Gasteiger partial charge is 0.267 e. The van der Waals surface area contributed by atoms with Crippen molar-refractivity contribution in [2.45, 2.75) is 0 Å². The van der Waals surface area contributed by atoms with Crippen LogP contribution in [0.15, 0.2) is 24.3 Å². The van der Waals surface area contributed by atoms with Gasteiger partial charge in [0.25, 0.3) is 5.91 Å². The van der Waals surface area contributed by atoms with Gasteiger partial charge in [-0.25, -0.2) is 0 Å². The van der Waals surface area contributed by atoms with E-state index in [2.05, 4.69) is 15.6 Å². The van der Waals surface area contributed by atoms with Crippen molar-refractivity contribution in [2.24, 2.45) is 11.5 Å². The van der Waals surface area contributed by atoms with Crippen LogP contribution in [0.3, 0.4) is 0 Å². The van der Waals surface area contributed by atoms with Crippen LogP contribution in [0.5, 0.6) is 0 Å². The first-order valence-electron chi connectivity index (χ1n) is 6.26. The van der Waals surface area contributed by atoms with Gasteiger partial charge in [-0.2, -0.15) is 0 Å². The second kappa shape index (κ2) is 5.95. The largest absolute Gasteiger partial charge is 0.370 e. The number of hydrogen-bond donors (Lipinski definition) is 6. The van der Waals surface area contributed by atoms with E-state index in [9.17, 15) is 9.59 Å². The van der Waals surface area contributed by atoms with E-state index >= 15 is 0 Å². The van der Waals surface area contributed by atoms with Gasteiger partial charge in [-0.1, -0.05) is 0 Å². The minimum atomic E-state index is -0.514. The molecule has 8 heteroatoms. The van der Waals surface area contributed by atoms with Crippen LogP contribution >= 0.6 is 0 Å². The number of nitrogens with one attached hydrogen (secondary N) is 4. The van der Waals surface area contributed by atoms with Crippen LogP contribution in [0.1, 0.15) is 20.8 Å². The topological polar surface area (TPSA) is 150 Å². The zero-order valence-corrected chi connectivity index (χ0v) is 11.2. The van der Waals surface area contributed by atoms with Crippen molar-refractivity contribution in [3.8, 4) is 0 Å². The number of fused-ring (bicyclic) bond motifs is 1. The predicted octanol–water partition coefficient (Wildman–Crippen LogP) is -0.520. The maximum Gasteiger partial charge on any atom is 0.267 e. The molecule has 2 rings (SSSR count). The van der Waals surface area contributed by atoms with Crippen LogP contribution in [-0.2, 0) is 0 Å². The first kappa shape index (κ1) is 14.4. The number of carbonyl (C=O) groups is 2. The zero-order chi connectivity index (χ0) is 15.4. The summed E-state index contributed by atoms with van der Waals surface area (Å²) in [5, 5.41) is 13.0. The number of rotatable bonds is 5. The third-order valence-electron chi connectivity index (χ3n) is 2.88. The van der Waals surface area contributed by atoms with Crippen LogP contribution in [0.25, 0.3) is 10.9 Å². The molecule has 0 bridgehead atoms. The molecule has 0 saturated carbocycles. The monoisotopic (exact) mass is 288 g/mol. The number of aromatic nitrogens is 1. The van der Waals surface area contributed by atoms with Gasteiger partial charge in [-0.05, 0) is 24.3 Å². The Labute approximate surface area is 120 Å². The van der Waals surface area contributed by atoms with Crippen molar-refractivity contribution in [1.82, 2.24) is 15.6 Å². The molecular formula is C13H16N6O2. The summed E-state index contributed by atoms with van der Waals surface area (Å²) in [4.78, 5) is 26.0. The minimum Gasteiger partial charge on any atom is -0.370 e. The molecule has 0 saturated heterocycles. The summed E-state index contributed by atoms with van der Waals surface area (Å²) in [7, 11) is 0. The van der Waals surface area contributed by atoms with Crippen LogP contribution in [0.2, 0.25) is 0 Å². The van der Waals surface area contributed by atoms with Gasteiger partial charge in [-0.3, -0.25) is 15.0 Å². The Morgan fingerprint density at radius 1 is 1.14 bits per heavy atom. The highest BCUT2D eigenvalue weighted by Crippen LogP contribution is 2.17. The van der Waals surface area contributed by atoms with Gasteiger partial charge < -0.3 is 27.1 Å². The molecule has 0 spiro atoms. The van der Waals surface area contributed by atoms with E-state index in [-0.39, 0.29) is 11.9 Å². The number of H-pyrrole nitrogens is 1. The van der Waals surface area contributed by atoms with Gasteiger partial charge in [0.05, 0.1) is 0 Å². The lowest BCUT2D eigenvalue weighted by molar-refractivity contribution is 0.0949. The van der Waals surface area contributed by atoms with E-state index in [1.165, 1.54) is 0 Å². The van der Waals surface area contributed by atoms with Crippen molar-refractivity contribution in [3.63, 3.8) is 0 Å². The number of hydrogen-bond acceptors (Lipinski definition) is 3. The number of amides is 2. The first-order chi connectivity index (χ1) is 9.97. The summed E-state index contributed by atoms with van der Waals surface area (Å²) in [6.07, 6.45) is 0. The van der Waals surface area contributed by atoms with E-state index in [1.54, 1.807) is 24.3 Å². The standard InChI is InChI=1S/C13H16N6O2/c14-11(20)7-1-2-9-8(5-7)6-10(19-9)12(21)17-3-4-18-13(15)16/h1-2,5-6,19H,3-4H2,(H2,14,20)(H,17,21)(H4,15,16,18). The van der Waals surface area contributed by atoms with Crippen LogP contribution in [0, 0.1) is 5.41 Å². The number of guanidine groups is 1. The Morgan fingerprint density at radius 2 is 1.86 bits per heavy atom. The third kappa shape index (κ3) is 3.50. The van der Waals surface area contributed by atoms with Crippen molar-refractivity contribution in [2.75, 3.05) is 13.1 Å². The SMILES string of the molecule is N=C(N)NCCNC(=O)c1cc2cc(C(N)=O)ccc2[nH]1. The molecule has 0 aliphatic heterocycles. The zero-order valence-electron chi connectivity index (χ0n) is 11.2. The van der Waals surface area contributed by atoms with Crippen molar-refractivity contribution >= 4 is 28.7 Å². The van der Waals surface area contributed by atoms with E-state index in [0.717, 1.165) is 10.9 Å². The molecule has 0 unspecified atom stereocenters. The lowest BCUT2D eigenvalue weighted by Crippen LogP contribution is -2.37. The second-order valence-corrected chi connectivity index (χ2v) is 4.45. The van der Waals surface area contributed by atoms with E-state index < -0.39 is 5.91 Å². The molecule has 21 heavy (non-hydrogen) atoms. The summed E-state index contributed by atoms with van der Waals surface area (Å²) in [6.45, 7) is 0.702. The first-order valence-corrected chi connectivity index (χ1v) is 6.26. The number of primary amides is 1. The molecule has 2 amide bonds. The molecule has 8 N–H and O–H groups in total. The van der Waals surface area contributed by atoms with Crippen LogP contribution in [-0.4, -0.2) is 35.8 Å². The maximum absolute atomic E-state index is 11.9. The summed E-state index contributed by atoms with van der Waals surface area (Å²) >= 11 is 0. The summed E-state index contributed by atoms with van der Waals surface area (Å²) in [5.74, 6) is -0.939. The van der Waals surface area contributed by atoms with E-state index in [1.807, 2.05) is 0 Å². The van der Waals surface area contributed by atoms with Crippen molar-refractivity contribution < 1.29 is 9.59 Å². The Balaban J connectivity index is 2.06. The summed E-state index contributed by atoms with van der Waals surface area (Å²) in [6, 6.07) is 6.57. The molecule has 1 heterocycles. The number of benzene rings is 1. The van der Waals surface area contributed by atoms with Gasteiger partial charge in [-0.15, -0.1) is 0 Å². The number of carbonyl (C=O) groups excluding carboxylic acids is 2. The normalized spacial score (nSPS) is 10.3. The van der Waals surface area contributed by atoms with E-state index in [0.29, 0.717) is 24.3 Å². The highest BCUT2D eigenvalue weighted by Gasteiger charge is 2.10. The van der Waals surface area contributed by atoms with E-state index in [4.69, 9.17) is 16.9 Å². The molecule has 0 aliphatic carbocycles. The van der Waals surface area contributed by atoms with Gasteiger partial charge in [0.1, 0.15) is 5.69 Å².